The fourth-order valence-corrected chi connectivity index (χ4v) is 2.30. The molecule has 0 aliphatic rings. The first-order valence-electron chi connectivity index (χ1n) is 6.81. The molecule has 0 bridgehead atoms. The highest BCUT2D eigenvalue weighted by Gasteiger charge is 2.09. The van der Waals surface area contributed by atoms with Gasteiger partial charge in [0.15, 0.2) is 0 Å². The monoisotopic (exact) mass is 273 g/mol. The van der Waals surface area contributed by atoms with E-state index in [4.69, 9.17) is 5.26 Å². The topological polar surface area (TPSA) is 41.6 Å². The summed E-state index contributed by atoms with van der Waals surface area (Å²) in [5.74, 6) is 0. The van der Waals surface area contributed by atoms with Crippen LogP contribution in [0, 0.1) is 25.2 Å². The predicted molar refractivity (Wildman–Crippen MR) is 83.2 cm³/mol. The van der Waals surface area contributed by atoms with E-state index >= 15 is 0 Å². The molecule has 3 nitrogen and oxygen atoms in total. The van der Waals surface area contributed by atoms with Gasteiger partial charge in [-0.15, -0.1) is 0 Å². The average molecular weight is 273 g/mol. The van der Waals surface area contributed by atoms with Crippen molar-refractivity contribution < 1.29 is 0 Å². The second-order valence-electron chi connectivity index (χ2n) is 5.11. The van der Waals surface area contributed by atoms with E-state index in [-0.39, 0.29) is 0 Å². The zero-order valence-corrected chi connectivity index (χ0v) is 12.0. The highest BCUT2D eigenvalue weighted by Crippen LogP contribution is 2.24. The maximum atomic E-state index is 8.89. The number of benzene rings is 2. The lowest BCUT2D eigenvalue weighted by molar-refractivity contribution is 0.869. The highest BCUT2D eigenvalue weighted by atomic mass is 15.3. The summed E-state index contributed by atoms with van der Waals surface area (Å²) in [6.45, 7) is 4.06. The Labute approximate surface area is 124 Å². The molecule has 0 fully saturated rings. The molecule has 0 amide bonds. The summed E-state index contributed by atoms with van der Waals surface area (Å²) < 4.78 is 1.92. The van der Waals surface area contributed by atoms with E-state index in [1.165, 1.54) is 5.56 Å². The zero-order valence-electron chi connectivity index (χ0n) is 12.0. The van der Waals surface area contributed by atoms with Crippen molar-refractivity contribution in [2.75, 3.05) is 0 Å². The van der Waals surface area contributed by atoms with Crippen LogP contribution in [-0.4, -0.2) is 9.78 Å². The van der Waals surface area contributed by atoms with Crippen molar-refractivity contribution in [1.29, 1.82) is 5.26 Å². The van der Waals surface area contributed by atoms with Crippen molar-refractivity contribution in [1.82, 2.24) is 9.78 Å². The maximum absolute atomic E-state index is 8.89. The van der Waals surface area contributed by atoms with Crippen LogP contribution in [0.5, 0.6) is 0 Å². The van der Waals surface area contributed by atoms with Crippen LogP contribution >= 0.6 is 0 Å². The number of nitriles is 1. The Kier molecular flexibility index (Phi) is 3.29. The van der Waals surface area contributed by atoms with Crippen molar-refractivity contribution in [2.45, 2.75) is 13.8 Å². The third-order valence-corrected chi connectivity index (χ3v) is 3.42. The third kappa shape index (κ3) is 2.56. The van der Waals surface area contributed by atoms with Crippen molar-refractivity contribution >= 4 is 0 Å². The number of aryl methyl sites for hydroxylation is 2. The molecule has 102 valence electrons. The quantitative estimate of drug-likeness (QED) is 0.707. The maximum Gasteiger partial charge on any atom is 0.0991 e. The van der Waals surface area contributed by atoms with Gasteiger partial charge >= 0.3 is 0 Å². The number of aromatic nitrogens is 2. The van der Waals surface area contributed by atoms with Crippen molar-refractivity contribution in [3.63, 3.8) is 0 Å². The lowest BCUT2D eigenvalue weighted by Gasteiger charge is -2.08. The smallest absolute Gasteiger partial charge is 0.0991 e. The summed E-state index contributed by atoms with van der Waals surface area (Å²) in [6.07, 6.45) is 0. The van der Waals surface area contributed by atoms with Crippen LogP contribution in [0.25, 0.3) is 16.9 Å². The van der Waals surface area contributed by atoms with Gasteiger partial charge in [-0.2, -0.15) is 10.4 Å². The molecule has 0 saturated heterocycles. The van der Waals surface area contributed by atoms with Crippen LogP contribution in [0.4, 0.5) is 0 Å². The summed E-state index contributed by atoms with van der Waals surface area (Å²) in [7, 11) is 0. The molecule has 0 radical (unpaired) electrons. The van der Waals surface area contributed by atoms with E-state index in [1.807, 2.05) is 35.9 Å². The molecular formula is C18H15N3. The molecule has 3 heteroatoms. The molecule has 21 heavy (non-hydrogen) atoms. The Hall–Kier alpha value is -2.86. The molecule has 0 N–H and O–H groups in total. The molecule has 0 unspecified atom stereocenters. The Balaban J connectivity index is 2.10. The highest BCUT2D eigenvalue weighted by molar-refractivity contribution is 5.63. The second kappa shape index (κ2) is 5.26. The molecule has 0 spiro atoms. The van der Waals surface area contributed by atoms with Crippen LogP contribution in [0.2, 0.25) is 0 Å². The summed E-state index contributed by atoms with van der Waals surface area (Å²) in [6, 6.07) is 20.1. The average Bonchev–Trinajstić information content (AvgIpc) is 2.90. The molecule has 3 aromatic rings. The van der Waals surface area contributed by atoms with Gasteiger partial charge in [-0.1, -0.05) is 29.8 Å². The SMILES string of the molecule is Cc1ccc(-c2cc(C)nn2-c2ccc(C#N)cc2)cc1. The van der Waals surface area contributed by atoms with E-state index in [1.54, 1.807) is 0 Å². The number of rotatable bonds is 2. The minimum Gasteiger partial charge on any atom is -0.233 e. The van der Waals surface area contributed by atoms with Gasteiger partial charge in [0, 0.05) is 5.56 Å². The van der Waals surface area contributed by atoms with Crippen LogP contribution < -0.4 is 0 Å². The van der Waals surface area contributed by atoms with E-state index in [0.29, 0.717) is 5.56 Å². The second-order valence-corrected chi connectivity index (χ2v) is 5.11. The van der Waals surface area contributed by atoms with Crippen LogP contribution in [-0.2, 0) is 0 Å². The normalized spacial score (nSPS) is 10.3. The number of hydrogen-bond donors (Lipinski definition) is 0. The van der Waals surface area contributed by atoms with Gasteiger partial charge in [0.2, 0.25) is 0 Å². The lowest BCUT2D eigenvalue weighted by atomic mass is 10.1. The molecule has 1 aromatic heterocycles. The zero-order chi connectivity index (χ0) is 14.8. The summed E-state index contributed by atoms with van der Waals surface area (Å²) in [4.78, 5) is 0. The van der Waals surface area contributed by atoms with E-state index in [0.717, 1.165) is 22.6 Å². The molecule has 0 aliphatic heterocycles. The van der Waals surface area contributed by atoms with Gasteiger partial charge in [0.05, 0.1) is 28.7 Å². The molecular weight excluding hydrogens is 258 g/mol. The Bertz CT molecular complexity index is 803. The Morgan fingerprint density at radius 3 is 2.24 bits per heavy atom. The van der Waals surface area contributed by atoms with Gasteiger partial charge < -0.3 is 0 Å². The Morgan fingerprint density at radius 2 is 1.62 bits per heavy atom. The van der Waals surface area contributed by atoms with Crippen LogP contribution in [0.1, 0.15) is 16.8 Å². The molecule has 2 aromatic carbocycles. The van der Waals surface area contributed by atoms with E-state index < -0.39 is 0 Å². The van der Waals surface area contributed by atoms with Crippen LogP contribution in [0.15, 0.2) is 54.6 Å². The first-order valence-corrected chi connectivity index (χ1v) is 6.81. The first kappa shape index (κ1) is 13.1. The minimum absolute atomic E-state index is 0.652. The first-order chi connectivity index (χ1) is 10.2. The lowest BCUT2D eigenvalue weighted by Crippen LogP contribution is -1.99. The molecule has 3 rings (SSSR count). The summed E-state index contributed by atoms with van der Waals surface area (Å²) >= 11 is 0. The van der Waals surface area contributed by atoms with Crippen molar-refractivity contribution in [2.24, 2.45) is 0 Å². The van der Waals surface area contributed by atoms with Gasteiger partial charge in [-0.25, -0.2) is 4.68 Å². The Morgan fingerprint density at radius 1 is 0.952 bits per heavy atom. The summed E-state index contributed by atoms with van der Waals surface area (Å²) in [5, 5.41) is 13.5. The van der Waals surface area contributed by atoms with Gasteiger partial charge in [-0.3, -0.25) is 0 Å². The number of hydrogen-bond acceptors (Lipinski definition) is 2. The van der Waals surface area contributed by atoms with E-state index in [9.17, 15) is 0 Å². The standard InChI is InChI=1S/C18H15N3/c1-13-3-7-16(8-4-13)18-11-14(2)20-21(18)17-9-5-15(12-19)6-10-17/h3-11H,1-2H3. The van der Waals surface area contributed by atoms with Crippen LogP contribution in [0.3, 0.4) is 0 Å². The van der Waals surface area contributed by atoms with Gasteiger partial charge in [0.25, 0.3) is 0 Å². The molecule has 0 saturated carbocycles. The number of nitrogens with zero attached hydrogens (tertiary/aromatic N) is 3. The minimum atomic E-state index is 0.652. The predicted octanol–water partition coefficient (Wildman–Crippen LogP) is 4.03. The fraction of sp³-hybridized carbons (Fsp3) is 0.111. The van der Waals surface area contributed by atoms with E-state index in [2.05, 4.69) is 48.4 Å². The largest absolute Gasteiger partial charge is 0.233 e. The van der Waals surface area contributed by atoms with Gasteiger partial charge in [-0.05, 0) is 44.2 Å². The van der Waals surface area contributed by atoms with Crippen molar-refractivity contribution in [3.05, 3.63) is 71.4 Å². The molecule has 0 atom stereocenters. The van der Waals surface area contributed by atoms with Crippen molar-refractivity contribution in [3.8, 4) is 23.0 Å². The molecule has 1 heterocycles. The summed E-state index contributed by atoms with van der Waals surface area (Å²) in [5.41, 5.74) is 6.00. The molecule has 0 aliphatic carbocycles. The third-order valence-electron chi connectivity index (χ3n) is 3.42. The fourth-order valence-electron chi connectivity index (χ4n) is 2.30. The van der Waals surface area contributed by atoms with Gasteiger partial charge in [0.1, 0.15) is 0 Å².